The van der Waals surface area contributed by atoms with E-state index in [-0.39, 0.29) is 35.4 Å². The molecule has 3 fully saturated rings. The van der Waals surface area contributed by atoms with Crippen LogP contribution < -0.4 is 0 Å². The molecule has 3 saturated carbocycles. The van der Waals surface area contributed by atoms with Crippen LogP contribution >= 0.6 is 15.9 Å². The molecule has 0 heterocycles. The second kappa shape index (κ2) is 7.53. The molecule has 2 N–H and O–H groups in total. The number of ketones is 2. The van der Waals surface area contributed by atoms with Gasteiger partial charge in [-0.05, 0) is 65.1 Å². The SMILES string of the molecule is C[C@]12C=C(Br)C(=O)C=C1[C@H](F)C[C@@H]1[C@@H]2[C@H](OS(C)(=O)=O)C[C@@]2(C)[C@H]1CC[C@]2(O)C(=O)CO. The van der Waals surface area contributed by atoms with E-state index in [1.54, 1.807) is 19.9 Å². The third-order valence-corrected chi connectivity index (χ3v) is 9.78. The lowest BCUT2D eigenvalue weighted by molar-refractivity contribution is -0.177. The fraction of sp³-hybridized carbons (Fsp3) is 0.727. The van der Waals surface area contributed by atoms with Gasteiger partial charge in [-0.1, -0.05) is 19.9 Å². The van der Waals surface area contributed by atoms with Crippen LogP contribution in [0, 0.1) is 28.6 Å². The molecule has 0 saturated heterocycles. The number of aliphatic hydroxyl groups excluding tert-OH is 1. The summed E-state index contributed by atoms with van der Waals surface area (Å²) in [6.45, 7) is 2.67. The zero-order valence-corrected chi connectivity index (χ0v) is 20.6. The summed E-state index contributed by atoms with van der Waals surface area (Å²) in [5, 5.41) is 20.9. The number of hydrogen-bond donors (Lipinski definition) is 2. The highest BCUT2D eigenvalue weighted by Crippen LogP contribution is 2.68. The maximum absolute atomic E-state index is 15.5. The van der Waals surface area contributed by atoms with E-state index in [0.717, 1.165) is 6.26 Å². The topological polar surface area (TPSA) is 118 Å². The molecule has 0 unspecified atom stereocenters. The van der Waals surface area contributed by atoms with Crippen molar-refractivity contribution in [2.75, 3.05) is 12.9 Å². The van der Waals surface area contributed by atoms with Crippen molar-refractivity contribution in [3.63, 3.8) is 0 Å². The number of fused-ring (bicyclic) bond motifs is 5. The molecular formula is C22H28BrFO7S. The average Bonchev–Trinajstić information content (AvgIpc) is 2.93. The van der Waals surface area contributed by atoms with Crippen LogP contribution in [0.2, 0.25) is 0 Å². The molecule has 4 rings (SSSR count). The number of hydrogen-bond acceptors (Lipinski definition) is 7. The second-order valence-electron chi connectivity index (χ2n) is 10.2. The number of rotatable bonds is 4. The molecule has 4 aliphatic rings. The minimum Gasteiger partial charge on any atom is -0.388 e. The van der Waals surface area contributed by atoms with Crippen LogP contribution in [0.1, 0.15) is 39.5 Å². The molecule has 4 aliphatic carbocycles. The molecule has 0 bridgehead atoms. The van der Waals surface area contributed by atoms with Crippen LogP contribution in [0.3, 0.4) is 0 Å². The highest BCUT2D eigenvalue weighted by molar-refractivity contribution is 9.12. The first-order chi connectivity index (χ1) is 14.7. The van der Waals surface area contributed by atoms with Gasteiger partial charge in [0, 0.05) is 16.7 Å². The number of allylic oxidation sites excluding steroid dienone is 4. The van der Waals surface area contributed by atoms with Crippen LogP contribution in [-0.4, -0.2) is 60.9 Å². The maximum atomic E-state index is 15.5. The van der Waals surface area contributed by atoms with E-state index in [4.69, 9.17) is 4.18 Å². The van der Waals surface area contributed by atoms with E-state index in [1.165, 1.54) is 6.08 Å². The molecule has 0 aromatic carbocycles. The van der Waals surface area contributed by atoms with Gasteiger partial charge in [-0.2, -0.15) is 8.42 Å². The summed E-state index contributed by atoms with van der Waals surface area (Å²) >= 11 is 3.26. The number of Topliss-reactive ketones (excluding diaryl/α,β-unsaturated/α-hetero) is 1. The van der Waals surface area contributed by atoms with Gasteiger partial charge in [0.05, 0.1) is 16.8 Å². The van der Waals surface area contributed by atoms with Gasteiger partial charge in [0.25, 0.3) is 10.1 Å². The smallest absolute Gasteiger partial charge is 0.264 e. The zero-order chi connectivity index (χ0) is 23.9. The van der Waals surface area contributed by atoms with Gasteiger partial charge in [-0.25, -0.2) is 4.39 Å². The van der Waals surface area contributed by atoms with Crippen molar-refractivity contribution >= 4 is 37.6 Å². The minimum absolute atomic E-state index is 0.0398. The fourth-order valence-corrected chi connectivity index (χ4v) is 8.49. The van der Waals surface area contributed by atoms with Gasteiger partial charge < -0.3 is 10.2 Å². The van der Waals surface area contributed by atoms with Crippen LogP contribution in [0.4, 0.5) is 4.39 Å². The Balaban J connectivity index is 1.88. The van der Waals surface area contributed by atoms with E-state index < -0.39 is 63.1 Å². The molecule has 0 aromatic heterocycles. The molecule has 10 heteroatoms. The van der Waals surface area contributed by atoms with E-state index in [0.29, 0.717) is 12.0 Å². The minimum atomic E-state index is -3.92. The Hall–Kier alpha value is -0.940. The lowest BCUT2D eigenvalue weighted by Gasteiger charge is -2.60. The Labute approximate surface area is 195 Å². The third kappa shape index (κ3) is 3.32. The van der Waals surface area contributed by atoms with Crippen molar-refractivity contribution in [3.05, 3.63) is 22.2 Å². The van der Waals surface area contributed by atoms with Crippen LogP contribution in [0.25, 0.3) is 0 Å². The van der Waals surface area contributed by atoms with Gasteiger partial charge in [0.1, 0.15) is 18.4 Å². The first kappa shape index (κ1) is 24.2. The van der Waals surface area contributed by atoms with Crippen molar-refractivity contribution in [3.8, 4) is 0 Å². The monoisotopic (exact) mass is 534 g/mol. The normalized spacial score (nSPS) is 46.0. The number of aliphatic hydroxyl groups is 2. The molecule has 0 amide bonds. The van der Waals surface area contributed by atoms with Gasteiger partial charge in [-0.15, -0.1) is 0 Å². The summed E-state index contributed by atoms with van der Waals surface area (Å²) < 4.78 is 45.7. The summed E-state index contributed by atoms with van der Waals surface area (Å²) in [5.41, 5.74) is -3.62. The Morgan fingerprint density at radius 3 is 2.62 bits per heavy atom. The molecule has 0 radical (unpaired) electrons. The predicted octanol–water partition coefficient (Wildman–Crippen LogP) is 2.21. The highest BCUT2D eigenvalue weighted by Gasteiger charge is 2.69. The summed E-state index contributed by atoms with van der Waals surface area (Å²) in [6.07, 6.45) is 2.14. The highest BCUT2D eigenvalue weighted by atomic mass is 79.9. The molecule has 178 valence electrons. The van der Waals surface area contributed by atoms with E-state index in [1.807, 2.05) is 0 Å². The second-order valence-corrected chi connectivity index (χ2v) is 12.6. The molecule has 0 aliphatic heterocycles. The third-order valence-electron chi connectivity index (χ3n) is 8.57. The Kier molecular flexibility index (Phi) is 5.69. The Morgan fingerprint density at radius 2 is 2.03 bits per heavy atom. The zero-order valence-electron chi connectivity index (χ0n) is 18.2. The number of halogens is 2. The van der Waals surface area contributed by atoms with Gasteiger partial charge >= 0.3 is 0 Å². The molecule has 7 nitrogen and oxygen atoms in total. The van der Waals surface area contributed by atoms with Gasteiger partial charge in [0.2, 0.25) is 0 Å². The summed E-state index contributed by atoms with van der Waals surface area (Å²) in [7, 11) is -3.92. The van der Waals surface area contributed by atoms with Gasteiger partial charge in [0.15, 0.2) is 11.6 Å². The largest absolute Gasteiger partial charge is 0.388 e. The first-order valence-electron chi connectivity index (χ1n) is 10.7. The summed E-state index contributed by atoms with van der Waals surface area (Å²) in [4.78, 5) is 24.8. The lowest BCUT2D eigenvalue weighted by Crippen LogP contribution is -2.63. The average molecular weight is 535 g/mol. The Morgan fingerprint density at radius 1 is 1.38 bits per heavy atom. The van der Waals surface area contributed by atoms with Crippen molar-refractivity contribution in [2.45, 2.75) is 57.4 Å². The van der Waals surface area contributed by atoms with E-state index in [2.05, 4.69) is 15.9 Å². The number of alkyl halides is 1. The van der Waals surface area contributed by atoms with Crippen molar-refractivity contribution in [1.29, 1.82) is 0 Å². The van der Waals surface area contributed by atoms with Gasteiger partial charge in [-0.3, -0.25) is 13.8 Å². The van der Waals surface area contributed by atoms with Crippen LogP contribution in [-0.2, 0) is 23.9 Å². The van der Waals surface area contributed by atoms with Crippen molar-refractivity contribution in [1.82, 2.24) is 0 Å². The number of carbonyl (C=O) groups is 2. The number of carbonyl (C=O) groups excluding carboxylic acids is 2. The van der Waals surface area contributed by atoms with Crippen molar-refractivity contribution in [2.24, 2.45) is 28.6 Å². The quantitative estimate of drug-likeness (QED) is 0.530. The molecule has 32 heavy (non-hydrogen) atoms. The lowest BCUT2D eigenvalue weighted by atomic mass is 9.46. The molecule has 8 atom stereocenters. The molecule has 0 aromatic rings. The predicted molar refractivity (Wildman–Crippen MR) is 117 cm³/mol. The van der Waals surface area contributed by atoms with Crippen LogP contribution in [0.5, 0.6) is 0 Å². The van der Waals surface area contributed by atoms with E-state index in [9.17, 15) is 28.2 Å². The first-order valence-corrected chi connectivity index (χ1v) is 13.3. The summed E-state index contributed by atoms with van der Waals surface area (Å²) in [6, 6.07) is 0. The van der Waals surface area contributed by atoms with Crippen molar-refractivity contribution < 1.29 is 36.8 Å². The fourth-order valence-electron chi connectivity index (χ4n) is 7.27. The Bertz CT molecular complexity index is 1040. The van der Waals surface area contributed by atoms with Crippen LogP contribution in [0.15, 0.2) is 22.2 Å². The van der Waals surface area contributed by atoms with E-state index >= 15 is 4.39 Å². The maximum Gasteiger partial charge on any atom is 0.264 e. The molecular weight excluding hydrogens is 507 g/mol. The summed E-state index contributed by atoms with van der Waals surface area (Å²) in [5.74, 6) is -2.23. The standard InChI is InChI=1S/C22H28BrFO7S/c1-20-8-14(23)16(26)7-13(20)15(24)6-11-12-4-5-22(28,18(27)10-25)21(12,2)9-17(19(11)20)31-32(3,29)30/h7-8,11-12,15,17,19,25,28H,4-6,9-10H2,1-3H3/t11-,12-,15+,17+,19+,20-,21-,22-/m0/s1. The molecule has 0 spiro atoms.